The summed E-state index contributed by atoms with van der Waals surface area (Å²) >= 11 is 0. The molecule has 2 N–H and O–H groups in total. The molecule has 0 aliphatic carbocycles. The molecule has 1 aromatic heterocycles. The van der Waals surface area contributed by atoms with E-state index in [1.54, 1.807) is 0 Å². The van der Waals surface area contributed by atoms with E-state index in [1.165, 1.54) is 10.9 Å². The number of hydrogen-bond acceptors (Lipinski definition) is 2. The molecular weight excluding hydrogens is 195 g/mol. The molecule has 0 saturated carbocycles. The second-order valence-electron chi connectivity index (χ2n) is 3.26. The van der Waals surface area contributed by atoms with E-state index >= 15 is 0 Å². The van der Waals surface area contributed by atoms with Crippen LogP contribution in [0.2, 0.25) is 0 Å². The average molecular weight is 207 g/mol. The fourth-order valence-electron chi connectivity index (χ4n) is 1.01. The Morgan fingerprint density at radius 2 is 2.21 bits per heavy atom. The Kier molecular flexibility index (Phi) is 3.15. The topological polar surface area (TPSA) is 43.8 Å². The normalized spacial score (nSPS) is 14.4. The van der Waals surface area contributed by atoms with E-state index in [-0.39, 0.29) is 5.92 Å². The van der Waals surface area contributed by atoms with Gasteiger partial charge >= 0.3 is 6.18 Å². The van der Waals surface area contributed by atoms with E-state index < -0.39 is 11.9 Å². The van der Waals surface area contributed by atoms with E-state index in [1.807, 2.05) is 6.92 Å². The molecule has 1 aromatic rings. The Morgan fingerprint density at radius 3 is 2.64 bits per heavy atom. The van der Waals surface area contributed by atoms with Crippen LogP contribution in [0.5, 0.6) is 0 Å². The van der Waals surface area contributed by atoms with Gasteiger partial charge in [0.05, 0.1) is 0 Å². The maximum atomic E-state index is 12.1. The number of halogens is 3. The molecule has 80 valence electrons. The molecule has 1 atom stereocenters. The van der Waals surface area contributed by atoms with Crippen molar-refractivity contribution in [2.75, 3.05) is 6.54 Å². The summed E-state index contributed by atoms with van der Waals surface area (Å²) in [6.07, 6.45) is -3.05. The van der Waals surface area contributed by atoms with Crippen molar-refractivity contribution in [3.8, 4) is 0 Å². The molecule has 1 unspecified atom stereocenters. The first-order valence-electron chi connectivity index (χ1n) is 4.24. The van der Waals surface area contributed by atoms with Crippen molar-refractivity contribution >= 4 is 0 Å². The molecule has 3 nitrogen and oxygen atoms in total. The van der Waals surface area contributed by atoms with Gasteiger partial charge in [0.15, 0.2) is 5.69 Å². The van der Waals surface area contributed by atoms with Gasteiger partial charge in [-0.1, -0.05) is 6.92 Å². The summed E-state index contributed by atoms with van der Waals surface area (Å²) in [7, 11) is 0. The number of rotatable bonds is 3. The zero-order valence-corrected chi connectivity index (χ0v) is 7.75. The third-order valence-corrected chi connectivity index (χ3v) is 1.83. The minimum absolute atomic E-state index is 0.121. The largest absolute Gasteiger partial charge is 0.435 e. The third-order valence-electron chi connectivity index (χ3n) is 1.83. The molecule has 0 aliphatic heterocycles. The van der Waals surface area contributed by atoms with Crippen LogP contribution in [0, 0.1) is 5.92 Å². The highest BCUT2D eigenvalue weighted by atomic mass is 19.4. The molecule has 1 rings (SSSR count). The molecule has 0 amide bonds. The Morgan fingerprint density at radius 1 is 1.57 bits per heavy atom. The Hall–Kier alpha value is -1.04. The molecule has 0 aliphatic rings. The van der Waals surface area contributed by atoms with E-state index in [2.05, 4.69) is 5.10 Å². The second-order valence-corrected chi connectivity index (χ2v) is 3.26. The van der Waals surface area contributed by atoms with Gasteiger partial charge in [0.25, 0.3) is 0 Å². The predicted molar refractivity (Wildman–Crippen MR) is 45.4 cm³/mol. The maximum Gasteiger partial charge on any atom is 0.435 e. The van der Waals surface area contributed by atoms with Crippen molar-refractivity contribution in [3.05, 3.63) is 18.0 Å². The van der Waals surface area contributed by atoms with E-state index in [0.29, 0.717) is 13.1 Å². The fraction of sp³-hybridized carbons (Fsp3) is 0.625. The van der Waals surface area contributed by atoms with E-state index in [9.17, 15) is 13.2 Å². The van der Waals surface area contributed by atoms with Gasteiger partial charge in [-0.3, -0.25) is 4.68 Å². The van der Waals surface area contributed by atoms with Gasteiger partial charge < -0.3 is 5.73 Å². The monoisotopic (exact) mass is 207 g/mol. The Bertz CT molecular complexity index is 292. The predicted octanol–water partition coefficient (Wildman–Crippen LogP) is 1.50. The number of nitrogens with zero attached hydrogens (tertiary/aromatic N) is 2. The molecule has 6 heteroatoms. The van der Waals surface area contributed by atoms with E-state index in [4.69, 9.17) is 5.73 Å². The summed E-state index contributed by atoms with van der Waals surface area (Å²) in [6.45, 7) is 2.70. The van der Waals surface area contributed by atoms with Gasteiger partial charge in [-0.05, 0) is 18.5 Å². The molecular formula is C8H12F3N3. The van der Waals surface area contributed by atoms with Gasteiger partial charge in [0, 0.05) is 12.7 Å². The molecule has 1 heterocycles. The lowest BCUT2D eigenvalue weighted by Crippen LogP contribution is -2.18. The maximum absolute atomic E-state index is 12.1. The third kappa shape index (κ3) is 2.73. The van der Waals surface area contributed by atoms with Gasteiger partial charge in [0.1, 0.15) is 0 Å². The van der Waals surface area contributed by atoms with Crippen LogP contribution in [0.4, 0.5) is 13.2 Å². The average Bonchev–Trinajstić information content (AvgIpc) is 2.51. The molecule has 0 spiro atoms. The highest BCUT2D eigenvalue weighted by Gasteiger charge is 2.33. The van der Waals surface area contributed by atoms with Crippen LogP contribution < -0.4 is 5.73 Å². The SMILES string of the molecule is CC(CN)Cn1ccc(C(F)(F)F)n1. The zero-order chi connectivity index (χ0) is 10.8. The molecule has 14 heavy (non-hydrogen) atoms. The summed E-state index contributed by atoms with van der Waals surface area (Å²) in [5, 5.41) is 3.41. The van der Waals surface area contributed by atoms with Gasteiger partial charge in [-0.15, -0.1) is 0 Å². The van der Waals surface area contributed by atoms with Crippen LogP contribution in [0.1, 0.15) is 12.6 Å². The van der Waals surface area contributed by atoms with Crippen molar-refractivity contribution in [1.29, 1.82) is 0 Å². The molecule has 0 radical (unpaired) electrons. The van der Waals surface area contributed by atoms with Crippen molar-refractivity contribution in [2.24, 2.45) is 11.7 Å². The summed E-state index contributed by atoms with van der Waals surface area (Å²) < 4.78 is 37.6. The molecule has 0 saturated heterocycles. The zero-order valence-electron chi connectivity index (χ0n) is 7.75. The Labute approximate surface area is 79.7 Å². The van der Waals surface area contributed by atoms with E-state index in [0.717, 1.165) is 6.07 Å². The van der Waals surface area contributed by atoms with Crippen LogP contribution in [0.25, 0.3) is 0 Å². The minimum Gasteiger partial charge on any atom is -0.330 e. The van der Waals surface area contributed by atoms with Crippen molar-refractivity contribution in [2.45, 2.75) is 19.6 Å². The fourth-order valence-corrected chi connectivity index (χ4v) is 1.01. The first-order valence-corrected chi connectivity index (χ1v) is 4.24. The Balaban J connectivity index is 2.69. The van der Waals surface area contributed by atoms with Crippen molar-refractivity contribution in [3.63, 3.8) is 0 Å². The van der Waals surface area contributed by atoms with Gasteiger partial charge in [-0.2, -0.15) is 18.3 Å². The molecule has 0 bridgehead atoms. The molecule has 0 aromatic carbocycles. The second kappa shape index (κ2) is 4.00. The van der Waals surface area contributed by atoms with Crippen LogP contribution in [-0.2, 0) is 12.7 Å². The summed E-state index contributed by atoms with van der Waals surface area (Å²) in [6, 6.07) is 0.962. The number of aromatic nitrogens is 2. The number of hydrogen-bond donors (Lipinski definition) is 1. The highest BCUT2D eigenvalue weighted by molar-refractivity contribution is 5.03. The first kappa shape index (κ1) is 11.0. The van der Waals surface area contributed by atoms with Crippen molar-refractivity contribution < 1.29 is 13.2 Å². The molecule has 0 fully saturated rings. The first-order chi connectivity index (χ1) is 6.43. The standard InChI is InChI=1S/C8H12F3N3/c1-6(4-12)5-14-3-2-7(13-14)8(9,10)11/h2-3,6H,4-5,12H2,1H3. The quantitative estimate of drug-likeness (QED) is 0.816. The number of nitrogens with two attached hydrogens (primary N) is 1. The van der Waals surface area contributed by atoms with Crippen LogP contribution in [0.3, 0.4) is 0 Å². The summed E-state index contributed by atoms with van der Waals surface area (Å²) in [5.74, 6) is 0.121. The van der Waals surface area contributed by atoms with Crippen LogP contribution in [-0.4, -0.2) is 16.3 Å². The lowest BCUT2D eigenvalue weighted by molar-refractivity contribution is -0.141. The number of alkyl halides is 3. The smallest absolute Gasteiger partial charge is 0.330 e. The lowest BCUT2D eigenvalue weighted by atomic mass is 10.2. The van der Waals surface area contributed by atoms with Crippen LogP contribution >= 0.6 is 0 Å². The minimum atomic E-state index is -4.36. The summed E-state index contributed by atoms with van der Waals surface area (Å²) in [4.78, 5) is 0. The lowest BCUT2D eigenvalue weighted by Gasteiger charge is -2.07. The van der Waals surface area contributed by atoms with Crippen molar-refractivity contribution in [1.82, 2.24) is 9.78 Å². The highest BCUT2D eigenvalue weighted by Crippen LogP contribution is 2.27. The van der Waals surface area contributed by atoms with Gasteiger partial charge in [0.2, 0.25) is 0 Å². The summed E-state index contributed by atoms with van der Waals surface area (Å²) in [5.41, 5.74) is 4.49. The van der Waals surface area contributed by atoms with Gasteiger partial charge in [-0.25, -0.2) is 0 Å². The van der Waals surface area contributed by atoms with Crippen LogP contribution in [0.15, 0.2) is 12.3 Å².